The van der Waals surface area contributed by atoms with Crippen molar-refractivity contribution in [2.45, 2.75) is 46.0 Å². The SMILES string of the molecule is COCC(C)Nc1sc(S(=O)(=O)c2ccc(C)cc2)nc1S(=O)(=O)c1ccc(C)cc1. The molecule has 1 unspecified atom stereocenters. The fourth-order valence-electron chi connectivity index (χ4n) is 2.84. The number of methoxy groups -OCH3 is 1. The van der Waals surface area contributed by atoms with Crippen LogP contribution in [-0.2, 0) is 24.4 Å². The molecule has 1 heterocycles. The van der Waals surface area contributed by atoms with Gasteiger partial charge in [-0.3, -0.25) is 0 Å². The van der Waals surface area contributed by atoms with Crippen LogP contribution in [0.15, 0.2) is 67.7 Å². The van der Waals surface area contributed by atoms with Gasteiger partial charge in [-0.25, -0.2) is 21.8 Å². The second-order valence-electron chi connectivity index (χ2n) is 7.25. The van der Waals surface area contributed by atoms with Crippen LogP contribution in [0.2, 0.25) is 0 Å². The Balaban J connectivity index is 2.14. The summed E-state index contributed by atoms with van der Waals surface area (Å²) in [6.07, 6.45) is 0. The largest absolute Gasteiger partial charge is 0.383 e. The highest BCUT2D eigenvalue weighted by molar-refractivity contribution is 7.94. The van der Waals surface area contributed by atoms with Gasteiger partial charge in [-0.2, -0.15) is 0 Å². The van der Waals surface area contributed by atoms with Crippen molar-refractivity contribution in [2.24, 2.45) is 0 Å². The molecule has 0 saturated carbocycles. The van der Waals surface area contributed by atoms with Crippen molar-refractivity contribution in [1.82, 2.24) is 4.98 Å². The first-order valence-electron chi connectivity index (χ1n) is 9.45. The molecule has 3 rings (SSSR count). The lowest BCUT2D eigenvalue weighted by Crippen LogP contribution is -2.21. The molecular weight excluding hydrogens is 456 g/mol. The fourth-order valence-corrected chi connectivity index (χ4v) is 7.23. The first-order valence-corrected chi connectivity index (χ1v) is 13.2. The Kier molecular flexibility index (Phi) is 6.85. The van der Waals surface area contributed by atoms with Crippen molar-refractivity contribution in [1.29, 1.82) is 0 Å². The van der Waals surface area contributed by atoms with Gasteiger partial charge in [0, 0.05) is 13.2 Å². The number of hydrogen-bond acceptors (Lipinski definition) is 8. The lowest BCUT2D eigenvalue weighted by Gasteiger charge is -2.13. The topological polar surface area (TPSA) is 102 Å². The van der Waals surface area contributed by atoms with Crippen LogP contribution < -0.4 is 5.32 Å². The summed E-state index contributed by atoms with van der Waals surface area (Å²) < 4.78 is 57.7. The molecule has 1 N–H and O–H groups in total. The maximum absolute atomic E-state index is 13.3. The van der Waals surface area contributed by atoms with Crippen molar-refractivity contribution in [3.8, 4) is 0 Å². The number of sulfone groups is 2. The predicted molar refractivity (Wildman–Crippen MR) is 120 cm³/mol. The number of nitrogens with zero attached hydrogens (tertiary/aromatic N) is 1. The molecule has 0 saturated heterocycles. The van der Waals surface area contributed by atoms with E-state index < -0.39 is 19.7 Å². The van der Waals surface area contributed by atoms with E-state index in [4.69, 9.17) is 4.74 Å². The Bertz CT molecular complexity index is 1260. The number of benzene rings is 2. The molecule has 0 aliphatic heterocycles. The number of hydrogen-bond donors (Lipinski definition) is 1. The Morgan fingerprint density at radius 2 is 1.39 bits per heavy atom. The van der Waals surface area contributed by atoms with Crippen molar-refractivity contribution < 1.29 is 21.6 Å². The molecule has 0 amide bonds. The highest BCUT2D eigenvalue weighted by Gasteiger charge is 2.32. The Morgan fingerprint density at radius 3 is 1.87 bits per heavy atom. The number of aryl methyl sites for hydroxylation is 2. The summed E-state index contributed by atoms with van der Waals surface area (Å²) in [5.41, 5.74) is 1.82. The van der Waals surface area contributed by atoms with Crippen molar-refractivity contribution >= 4 is 36.0 Å². The fraction of sp³-hybridized carbons (Fsp3) is 0.286. The number of anilines is 1. The molecule has 3 aromatic rings. The predicted octanol–water partition coefficient (Wildman–Crippen LogP) is 3.87. The normalized spacial score (nSPS) is 13.2. The summed E-state index contributed by atoms with van der Waals surface area (Å²) in [6, 6.07) is 12.4. The summed E-state index contributed by atoms with van der Waals surface area (Å²) in [5, 5.41) is 2.89. The van der Waals surface area contributed by atoms with E-state index >= 15 is 0 Å². The Hall–Kier alpha value is -2.27. The summed E-state index contributed by atoms with van der Waals surface area (Å²) in [6.45, 7) is 5.82. The van der Waals surface area contributed by atoms with Gasteiger partial charge in [0.1, 0.15) is 5.00 Å². The second kappa shape index (κ2) is 9.07. The first-order chi connectivity index (χ1) is 14.6. The molecule has 7 nitrogen and oxygen atoms in total. The molecule has 0 aliphatic carbocycles. The highest BCUT2D eigenvalue weighted by atomic mass is 32.2. The minimum Gasteiger partial charge on any atom is -0.383 e. The molecule has 31 heavy (non-hydrogen) atoms. The highest BCUT2D eigenvalue weighted by Crippen LogP contribution is 2.37. The summed E-state index contributed by atoms with van der Waals surface area (Å²) in [4.78, 5) is 4.21. The quantitative estimate of drug-likeness (QED) is 0.522. The zero-order chi connectivity index (χ0) is 22.8. The van der Waals surface area contributed by atoms with Crippen molar-refractivity contribution in [3.05, 3.63) is 59.7 Å². The Labute approximate surface area is 187 Å². The van der Waals surface area contributed by atoms with Crippen molar-refractivity contribution in [3.63, 3.8) is 0 Å². The summed E-state index contributed by atoms with van der Waals surface area (Å²) in [5.74, 6) is 0. The van der Waals surface area contributed by atoms with Crippen LogP contribution in [0.4, 0.5) is 5.00 Å². The van der Waals surface area contributed by atoms with E-state index in [1.165, 1.54) is 31.4 Å². The molecule has 0 bridgehead atoms. The van der Waals surface area contributed by atoms with Gasteiger partial charge in [0.05, 0.1) is 16.4 Å². The first kappa shape index (κ1) is 23.4. The molecule has 0 spiro atoms. The van der Waals surface area contributed by atoms with Crippen LogP contribution in [0.3, 0.4) is 0 Å². The van der Waals surface area contributed by atoms with Crippen LogP contribution in [-0.4, -0.2) is 41.6 Å². The number of nitrogens with one attached hydrogen (secondary N) is 1. The minimum absolute atomic E-state index is 0.0464. The third kappa shape index (κ3) is 4.98. The number of aromatic nitrogens is 1. The van der Waals surface area contributed by atoms with E-state index in [1.807, 2.05) is 13.8 Å². The van der Waals surface area contributed by atoms with E-state index in [-0.39, 0.29) is 30.2 Å². The smallest absolute Gasteiger partial charge is 0.233 e. The zero-order valence-corrected chi connectivity index (χ0v) is 20.1. The van der Waals surface area contributed by atoms with Crippen molar-refractivity contribution in [2.75, 3.05) is 19.0 Å². The minimum atomic E-state index is -4.04. The monoisotopic (exact) mass is 480 g/mol. The van der Waals surface area contributed by atoms with Crippen LogP contribution >= 0.6 is 11.3 Å². The Morgan fingerprint density at radius 1 is 0.903 bits per heavy atom. The van der Waals surface area contributed by atoms with Crippen LogP contribution in [0.5, 0.6) is 0 Å². The maximum Gasteiger partial charge on any atom is 0.233 e. The molecule has 1 aromatic heterocycles. The van der Waals surface area contributed by atoms with E-state index in [1.54, 1.807) is 31.2 Å². The summed E-state index contributed by atoms with van der Waals surface area (Å²) >= 11 is 0.799. The molecule has 0 fully saturated rings. The van der Waals surface area contributed by atoms with Gasteiger partial charge in [-0.1, -0.05) is 46.7 Å². The van der Waals surface area contributed by atoms with Gasteiger partial charge in [-0.05, 0) is 45.0 Å². The standard InChI is InChI=1S/C21H24N2O5S3/c1-14-5-9-17(10-6-14)30(24,25)20-19(22-16(3)13-28-4)29-21(23-20)31(26,27)18-11-7-15(2)8-12-18/h5-12,16,22H,13H2,1-4H3. The van der Waals surface area contributed by atoms with Gasteiger partial charge >= 0.3 is 0 Å². The van der Waals surface area contributed by atoms with Crippen LogP contribution in [0.1, 0.15) is 18.1 Å². The van der Waals surface area contributed by atoms with Crippen LogP contribution in [0, 0.1) is 13.8 Å². The lowest BCUT2D eigenvalue weighted by molar-refractivity contribution is 0.190. The molecular formula is C21H24N2O5S3. The lowest BCUT2D eigenvalue weighted by atomic mass is 10.2. The average Bonchev–Trinajstić information content (AvgIpc) is 3.14. The molecule has 10 heteroatoms. The number of thiazole rings is 1. The maximum atomic E-state index is 13.3. The van der Waals surface area contributed by atoms with Crippen LogP contribution in [0.25, 0.3) is 0 Å². The van der Waals surface area contributed by atoms with E-state index in [2.05, 4.69) is 10.3 Å². The number of ether oxygens (including phenoxy) is 1. The third-order valence-corrected chi connectivity index (χ3v) is 9.48. The van der Waals surface area contributed by atoms with E-state index in [0.29, 0.717) is 6.61 Å². The molecule has 0 radical (unpaired) electrons. The third-order valence-electron chi connectivity index (χ3n) is 4.52. The zero-order valence-electron chi connectivity index (χ0n) is 17.6. The van der Waals surface area contributed by atoms with E-state index in [9.17, 15) is 16.8 Å². The molecule has 0 aliphatic rings. The molecule has 2 aromatic carbocycles. The van der Waals surface area contributed by atoms with Gasteiger partial charge in [0.2, 0.25) is 24.0 Å². The molecule has 166 valence electrons. The van der Waals surface area contributed by atoms with Gasteiger partial charge in [0.15, 0.2) is 5.03 Å². The average molecular weight is 481 g/mol. The second-order valence-corrected chi connectivity index (χ2v) is 12.2. The number of rotatable bonds is 8. The van der Waals surface area contributed by atoms with Gasteiger partial charge in [0.25, 0.3) is 0 Å². The van der Waals surface area contributed by atoms with Gasteiger partial charge in [-0.15, -0.1) is 0 Å². The van der Waals surface area contributed by atoms with E-state index in [0.717, 1.165) is 22.5 Å². The summed E-state index contributed by atoms with van der Waals surface area (Å²) in [7, 11) is -6.50. The molecule has 1 atom stereocenters. The van der Waals surface area contributed by atoms with Gasteiger partial charge < -0.3 is 10.1 Å².